The number of nitrogens with one attached hydrogen (secondary N) is 2. The second kappa shape index (κ2) is 12.7. The molecule has 0 aliphatic carbocycles. The lowest BCUT2D eigenvalue weighted by atomic mass is 10.0. The SMILES string of the molecule is COc1ccc(C[C@H](NC(=O)C2CCCCN2S(=O)(=O)c2cccc(F)c2)C(=O)NC2CCOCC2)cc1. The number of piperidine rings is 1. The molecule has 2 aliphatic heterocycles. The first-order valence-corrected chi connectivity index (χ1v) is 14.3. The summed E-state index contributed by atoms with van der Waals surface area (Å²) in [6, 6.07) is 9.96. The molecule has 2 fully saturated rings. The van der Waals surface area contributed by atoms with Crippen molar-refractivity contribution >= 4 is 21.8 Å². The van der Waals surface area contributed by atoms with E-state index in [4.69, 9.17) is 9.47 Å². The van der Waals surface area contributed by atoms with Crippen LogP contribution < -0.4 is 15.4 Å². The minimum absolute atomic E-state index is 0.0638. The van der Waals surface area contributed by atoms with E-state index in [0.717, 1.165) is 15.9 Å². The van der Waals surface area contributed by atoms with Crippen molar-refractivity contribution < 1.29 is 31.9 Å². The third kappa shape index (κ3) is 6.89. The van der Waals surface area contributed by atoms with Crippen LogP contribution in [0.25, 0.3) is 0 Å². The van der Waals surface area contributed by atoms with Crippen LogP contribution in [0.1, 0.15) is 37.7 Å². The molecule has 2 atom stereocenters. The lowest BCUT2D eigenvalue weighted by Crippen LogP contribution is -2.57. The molecule has 0 radical (unpaired) electrons. The van der Waals surface area contributed by atoms with Crippen molar-refractivity contribution in [1.29, 1.82) is 0 Å². The lowest BCUT2D eigenvalue weighted by molar-refractivity contribution is -0.132. The van der Waals surface area contributed by atoms with Gasteiger partial charge in [0, 0.05) is 32.2 Å². The molecule has 9 nitrogen and oxygen atoms in total. The Bertz CT molecular complexity index is 1220. The average Bonchev–Trinajstić information content (AvgIpc) is 2.93. The number of ether oxygens (including phenoxy) is 2. The Balaban J connectivity index is 1.54. The number of benzene rings is 2. The van der Waals surface area contributed by atoms with Crippen molar-refractivity contribution in [2.24, 2.45) is 0 Å². The molecule has 206 valence electrons. The number of methoxy groups -OCH3 is 1. The second-order valence-electron chi connectivity index (χ2n) is 9.59. The fourth-order valence-corrected chi connectivity index (χ4v) is 6.52. The van der Waals surface area contributed by atoms with Gasteiger partial charge in [-0.15, -0.1) is 0 Å². The Kier molecular flexibility index (Phi) is 9.35. The number of halogens is 1. The Morgan fingerprint density at radius 3 is 2.53 bits per heavy atom. The van der Waals surface area contributed by atoms with Crippen LogP contribution in [0.4, 0.5) is 4.39 Å². The summed E-state index contributed by atoms with van der Waals surface area (Å²) in [6.45, 7) is 1.24. The average molecular weight is 548 g/mol. The smallest absolute Gasteiger partial charge is 0.243 e. The van der Waals surface area contributed by atoms with E-state index in [1.165, 1.54) is 18.2 Å². The number of sulfonamides is 1. The molecule has 4 rings (SSSR count). The van der Waals surface area contributed by atoms with Crippen LogP contribution in [0, 0.1) is 5.82 Å². The van der Waals surface area contributed by atoms with Gasteiger partial charge < -0.3 is 20.1 Å². The molecule has 2 heterocycles. The molecule has 38 heavy (non-hydrogen) atoms. The Morgan fingerprint density at radius 1 is 1.11 bits per heavy atom. The summed E-state index contributed by atoms with van der Waals surface area (Å²) in [7, 11) is -2.56. The van der Waals surface area contributed by atoms with E-state index >= 15 is 0 Å². The lowest BCUT2D eigenvalue weighted by Gasteiger charge is -2.34. The van der Waals surface area contributed by atoms with Crippen LogP contribution in [0.15, 0.2) is 53.4 Å². The van der Waals surface area contributed by atoms with Crippen molar-refractivity contribution in [3.63, 3.8) is 0 Å². The molecule has 0 spiro atoms. The van der Waals surface area contributed by atoms with Crippen LogP contribution in [-0.4, -0.2) is 69.5 Å². The van der Waals surface area contributed by atoms with Crippen molar-refractivity contribution in [2.45, 2.75) is 61.5 Å². The normalized spacial score (nSPS) is 19.9. The predicted octanol–water partition coefficient (Wildman–Crippen LogP) is 2.40. The monoisotopic (exact) mass is 547 g/mol. The van der Waals surface area contributed by atoms with Gasteiger partial charge in [-0.1, -0.05) is 24.6 Å². The predicted molar refractivity (Wildman–Crippen MR) is 139 cm³/mol. The van der Waals surface area contributed by atoms with Gasteiger partial charge in [0.25, 0.3) is 0 Å². The summed E-state index contributed by atoms with van der Waals surface area (Å²) in [4.78, 5) is 26.7. The van der Waals surface area contributed by atoms with Gasteiger partial charge in [0.15, 0.2) is 0 Å². The fraction of sp³-hybridized carbons (Fsp3) is 0.481. The first-order chi connectivity index (χ1) is 18.3. The number of hydrogen-bond acceptors (Lipinski definition) is 6. The number of carbonyl (C=O) groups is 2. The van der Waals surface area contributed by atoms with Crippen LogP contribution in [0.3, 0.4) is 0 Å². The van der Waals surface area contributed by atoms with Crippen molar-refractivity contribution in [3.8, 4) is 5.75 Å². The van der Waals surface area contributed by atoms with Crippen LogP contribution in [0.5, 0.6) is 5.75 Å². The number of rotatable bonds is 9. The summed E-state index contributed by atoms with van der Waals surface area (Å²) in [6.07, 6.45) is 3.11. The van der Waals surface area contributed by atoms with Gasteiger partial charge in [-0.2, -0.15) is 4.31 Å². The highest BCUT2D eigenvalue weighted by Crippen LogP contribution is 2.26. The third-order valence-corrected chi connectivity index (χ3v) is 8.86. The van der Waals surface area contributed by atoms with E-state index < -0.39 is 33.8 Å². The molecule has 0 bridgehead atoms. The molecule has 2 aliphatic rings. The van der Waals surface area contributed by atoms with Gasteiger partial charge in [0.2, 0.25) is 21.8 Å². The molecule has 2 aromatic carbocycles. The molecule has 2 saturated heterocycles. The Morgan fingerprint density at radius 2 is 1.84 bits per heavy atom. The maximum Gasteiger partial charge on any atom is 0.243 e. The number of hydrogen-bond donors (Lipinski definition) is 2. The summed E-state index contributed by atoms with van der Waals surface area (Å²) < 4.78 is 52.2. The minimum Gasteiger partial charge on any atom is -0.497 e. The highest BCUT2D eigenvalue weighted by atomic mass is 32.2. The minimum atomic E-state index is -4.12. The van der Waals surface area contributed by atoms with Gasteiger partial charge >= 0.3 is 0 Å². The van der Waals surface area contributed by atoms with E-state index in [0.29, 0.717) is 51.1 Å². The van der Waals surface area contributed by atoms with Crippen LogP contribution >= 0.6 is 0 Å². The quantitative estimate of drug-likeness (QED) is 0.499. The number of amides is 2. The zero-order valence-electron chi connectivity index (χ0n) is 21.4. The molecular formula is C27H34FN3O6S. The van der Waals surface area contributed by atoms with E-state index in [1.54, 1.807) is 19.2 Å². The number of nitrogens with zero attached hydrogens (tertiary/aromatic N) is 1. The van der Waals surface area contributed by atoms with Gasteiger partial charge in [-0.3, -0.25) is 9.59 Å². The summed E-state index contributed by atoms with van der Waals surface area (Å²) in [5.74, 6) is -0.892. The molecular weight excluding hydrogens is 513 g/mol. The first-order valence-electron chi connectivity index (χ1n) is 12.9. The van der Waals surface area contributed by atoms with E-state index in [1.807, 2.05) is 12.1 Å². The van der Waals surface area contributed by atoms with Gasteiger partial charge in [0.05, 0.1) is 12.0 Å². The van der Waals surface area contributed by atoms with E-state index in [2.05, 4.69) is 10.6 Å². The maximum absolute atomic E-state index is 13.8. The highest BCUT2D eigenvalue weighted by Gasteiger charge is 2.39. The highest BCUT2D eigenvalue weighted by molar-refractivity contribution is 7.89. The zero-order chi connectivity index (χ0) is 27.1. The van der Waals surface area contributed by atoms with Gasteiger partial charge in [-0.05, 0) is 61.6 Å². The van der Waals surface area contributed by atoms with E-state index in [-0.39, 0.29) is 29.8 Å². The van der Waals surface area contributed by atoms with Crippen molar-refractivity contribution in [1.82, 2.24) is 14.9 Å². The molecule has 0 aromatic heterocycles. The third-order valence-electron chi connectivity index (χ3n) is 6.96. The standard InChI is InChI=1S/C27H34FN3O6S/c1-36-22-10-8-19(9-11-22)17-24(26(32)29-21-12-15-37-16-13-21)30-27(33)25-7-2-3-14-31(25)38(34,35)23-6-4-5-20(28)18-23/h4-6,8-11,18,21,24-25H,2-3,7,12-17H2,1H3,(H,29,32)(H,30,33)/t24-,25?/m0/s1. The topological polar surface area (TPSA) is 114 Å². The molecule has 1 unspecified atom stereocenters. The Labute approximate surface area is 222 Å². The largest absolute Gasteiger partial charge is 0.497 e. The van der Waals surface area contributed by atoms with Crippen molar-refractivity contribution in [2.75, 3.05) is 26.9 Å². The summed E-state index contributed by atoms with van der Waals surface area (Å²) >= 11 is 0. The summed E-state index contributed by atoms with van der Waals surface area (Å²) in [5.41, 5.74) is 0.811. The van der Waals surface area contributed by atoms with Gasteiger partial charge in [0.1, 0.15) is 23.7 Å². The summed E-state index contributed by atoms with van der Waals surface area (Å²) in [5, 5.41) is 5.84. The Hall–Kier alpha value is -3.02. The molecule has 11 heteroatoms. The van der Waals surface area contributed by atoms with Crippen LogP contribution in [-0.2, 0) is 30.8 Å². The molecule has 2 amide bonds. The van der Waals surface area contributed by atoms with E-state index in [9.17, 15) is 22.4 Å². The maximum atomic E-state index is 13.8. The van der Waals surface area contributed by atoms with Gasteiger partial charge in [-0.25, -0.2) is 12.8 Å². The fourth-order valence-electron chi connectivity index (χ4n) is 4.84. The van der Waals surface area contributed by atoms with Crippen molar-refractivity contribution in [3.05, 3.63) is 59.9 Å². The molecule has 2 aromatic rings. The molecule has 0 saturated carbocycles. The zero-order valence-corrected chi connectivity index (χ0v) is 22.2. The number of carbonyl (C=O) groups excluding carboxylic acids is 2. The molecule has 2 N–H and O–H groups in total. The first kappa shape index (κ1) is 28.0. The second-order valence-corrected chi connectivity index (χ2v) is 11.5. The van der Waals surface area contributed by atoms with Crippen LogP contribution in [0.2, 0.25) is 0 Å².